The van der Waals surface area contributed by atoms with Crippen molar-refractivity contribution in [2.45, 2.75) is 31.2 Å². The lowest BCUT2D eigenvalue weighted by atomic mass is 10.1. The van der Waals surface area contributed by atoms with Crippen LogP contribution in [0.15, 0.2) is 41.4 Å². The van der Waals surface area contributed by atoms with Gasteiger partial charge in [0.25, 0.3) is 0 Å². The van der Waals surface area contributed by atoms with E-state index >= 15 is 0 Å². The Kier molecular flexibility index (Phi) is 6.26. The lowest BCUT2D eigenvalue weighted by molar-refractivity contribution is -0.136. The van der Waals surface area contributed by atoms with E-state index in [4.69, 9.17) is 9.47 Å². The van der Waals surface area contributed by atoms with E-state index in [2.05, 4.69) is 10.1 Å². The highest BCUT2D eigenvalue weighted by molar-refractivity contribution is 7.89. The Hall–Kier alpha value is -3.18. The summed E-state index contributed by atoms with van der Waals surface area (Å²) in [6.07, 6.45) is 1.08. The number of pyridine rings is 1. The molecule has 0 radical (unpaired) electrons. The molecule has 1 saturated heterocycles. The van der Waals surface area contributed by atoms with Gasteiger partial charge < -0.3 is 14.6 Å². The Morgan fingerprint density at radius 2 is 2.03 bits per heavy atom. The summed E-state index contributed by atoms with van der Waals surface area (Å²) in [5.41, 5.74) is 1.15. The van der Waals surface area contributed by atoms with Gasteiger partial charge in [0.1, 0.15) is 10.6 Å². The molecule has 1 N–H and O–H groups in total. The van der Waals surface area contributed by atoms with Gasteiger partial charge in [0.15, 0.2) is 0 Å². The van der Waals surface area contributed by atoms with Gasteiger partial charge in [-0.3, -0.25) is 9.48 Å². The maximum Gasteiger partial charge on any atom is 0.309 e. The zero-order valence-electron chi connectivity index (χ0n) is 18.6. The molecule has 1 fully saturated rings. The summed E-state index contributed by atoms with van der Waals surface area (Å²) < 4.78 is 40.3. The van der Waals surface area contributed by atoms with E-state index in [9.17, 15) is 18.3 Å². The molecule has 11 heteroatoms. The number of hydrogen-bond donors (Lipinski definition) is 1. The van der Waals surface area contributed by atoms with Crippen LogP contribution in [0.1, 0.15) is 25.6 Å². The van der Waals surface area contributed by atoms with Crippen LogP contribution in [0.4, 0.5) is 0 Å². The number of carboxylic acids is 1. The summed E-state index contributed by atoms with van der Waals surface area (Å²) in [5, 5.41) is 14.6. The first-order valence-electron chi connectivity index (χ1n) is 10.6. The van der Waals surface area contributed by atoms with Gasteiger partial charge in [0.05, 0.1) is 43.6 Å². The van der Waals surface area contributed by atoms with E-state index in [1.54, 1.807) is 36.1 Å². The monoisotopic (exact) mass is 474 g/mol. The van der Waals surface area contributed by atoms with Crippen LogP contribution in [-0.2, 0) is 21.2 Å². The molecule has 0 saturated carbocycles. The van der Waals surface area contributed by atoms with Crippen LogP contribution in [0, 0.1) is 5.92 Å². The predicted molar refractivity (Wildman–Crippen MR) is 120 cm³/mol. The smallest absolute Gasteiger partial charge is 0.309 e. The van der Waals surface area contributed by atoms with Crippen molar-refractivity contribution in [1.82, 2.24) is 19.1 Å². The molecular formula is C22H26N4O6S. The van der Waals surface area contributed by atoms with Crippen molar-refractivity contribution in [3.8, 4) is 11.6 Å². The highest BCUT2D eigenvalue weighted by Crippen LogP contribution is 2.35. The summed E-state index contributed by atoms with van der Waals surface area (Å²) in [6.45, 7) is 4.74. The third-order valence-electron chi connectivity index (χ3n) is 5.80. The van der Waals surface area contributed by atoms with Crippen molar-refractivity contribution >= 4 is 26.9 Å². The second-order valence-corrected chi connectivity index (χ2v) is 9.91. The minimum absolute atomic E-state index is 0.0533. The number of aromatic nitrogens is 3. The van der Waals surface area contributed by atoms with Crippen molar-refractivity contribution in [2.75, 3.05) is 26.8 Å². The minimum Gasteiger partial charge on any atom is -0.497 e. The molecule has 0 amide bonds. The van der Waals surface area contributed by atoms with Crippen molar-refractivity contribution in [3.05, 3.63) is 42.2 Å². The SMILES string of the molecule is CCOc1ccc(S(=O)(=O)N2C[C@@H](C)[C@@H](n3nc(CC(=O)O)c4ccc(OC)cc43)C2)cn1. The average molecular weight is 475 g/mol. The Morgan fingerprint density at radius 1 is 1.24 bits per heavy atom. The molecule has 3 aromatic rings. The Labute approximate surface area is 191 Å². The van der Waals surface area contributed by atoms with Crippen molar-refractivity contribution in [1.29, 1.82) is 0 Å². The molecule has 0 bridgehead atoms. The van der Waals surface area contributed by atoms with Gasteiger partial charge in [0.2, 0.25) is 15.9 Å². The molecule has 3 heterocycles. The zero-order valence-corrected chi connectivity index (χ0v) is 19.4. The number of hydrogen-bond acceptors (Lipinski definition) is 7. The van der Waals surface area contributed by atoms with Crippen LogP contribution in [-0.4, -0.2) is 65.4 Å². The molecule has 10 nitrogen and oxygen atoms in total. The maximum absolute atomic E-state index is 13.3. The topological polar surface area (TPSA) is 124 Å². The Balaban J connectivity index is 1.67. The summed E-state index contributed by atoms with van der Waals surface area (Å²) in [6, 6.07) is 8.10. The van der Waals surface area contributed by atoms with Gasteiger partial charge in [-0.15, -0.1) is 0 Å². The van der Waals surface area contributed by atoms with Gasteiger partial charge in [-0.25, -0.2) is 13.4 Å². The molecule has 0 unspecified atom stereocenters. The van der Waals surface area contributed by atoms with E-state index in [0.29, 0.717) is 41.4 Å². The molecule has 1 aliphatic rings. The second-order valence-electron chi connectivity index (χ2n) is 7.98. The lowest BCUT2D eigenvalue weighted by Crippen LogP contribution is -2.29. The van der Waals surface area contributed by atoms with Crippen LogP contribution in [0.25, 0.3) is 10.9 Å². The Bertz CT molecular complexity index is 1270. The number of methoxy groups -OCH3 is 1. The number of rotatable bonds is 8. The normalized spacial score (nSPS) is 19.1. The fourth-order valence-electron chi connectivity index (χ4n) is 4.16. The van der Waals surface area contributed by atoms with Crippen LogP contribution in [0.5, 0.6) is 11.6 Å². The van der Waals surface area contributed by atoms with E-state index in [-0.39, 0.29) is 29.8 Å². The molecular weight excluding hydrogens is 448 g/mol. The fourth-order valence-corrected chi connectivity index (χ4v) is 5.66. The molecule has 176 valence electrons. The standard InChI is InChI=1S/C22H26N4O6S/c1-4-32-21-8-6-16(11-23-21)33(29,30)25-12-14(2)20(13-25)26-19-9-15(31-3)5-7-17(19)18(24-26)10-22(27)28/h5-9,11,14,20H,4,10,12-13H2,1-3H3,(H,27,28)/t14-,20+/m1/s1. The highest BCUT2D eigenvalue weighted by atomic mass is 32.2. The van der Waals surface area contributed by atoms with Crippen molar-refractivity contribution < 1.29 is 27.8 Å². The van der Waals surface area contributed by atoms with Gasteiger partial charge in [-0.2, -0.15) is 9.40 Å². The molecule has 0 aliphatic carbocycles. The predicted octanol–water partition coefficient (Wildman–Crippen LogP) is 2.35. The number of carbonyl (C=O) groups is 1. The lowest BCUT2D eigenvalue weighted by Gasteiger charge is -2.18. The number of benzene rings is 1. The van der Waals surface area contributed by atoms with Gasteiger partial charge >= 0.3 is 5.97 Å². The quantitative estimate of drug-likeness (QED) is 0.528. The summed E-state index contributed by atoms with van der Waals surface area (Å²) in [5.74, 6) is -0.0559. The number of sulfonamides is 1. The van der Waals surface area contributed by atoms with Crippen LogP contribution in [0.2, 0.25) is 0 Å². The van der Waals surface area contributed by atoms with Crippen molar-refractivity contribution in [3.63, 3.8) is 0 Å². The van der Waals surface area contributed by atoms with E-state index in [1.807, 2.05) is 13.8 Å². The van der Waals surface area contributed by atoms with Crippen LogP contribution < -0.4 is 9.47 Å². The van der Waals surface area contributed by atoms with Crippen molar-refractivity contribution in [2.24, 2.45) is 5.92 Å². The molecule has 33 heavy (non-hydrogen) atoms. The highest BCUT2D eigenvalue weighted by Gasteiger charge is 2.39. The molecule has 0 spiro atoms. The molecule has 2 aromatic heterocycles. The molecule has 1 aromatic carbocycles. The summed E-state index contributed by atoms with van der Waals surface area (Å²) >= 11 is 0. The first-order chi connectivity index (χ1) is 15.7. The second kappa shape index (κ2) is 8.99. The molecule has 2 atom stereocenters. The van der Waals surface area contributed by atoms with E-state index < -0.39 is 16.0 Å². The molecule has 4 rings (SSSR count). The van der Waals surface area contributed by atoms with E-state index in [1.165, 1.54) is 16.6 Å². The summed E-state index contributed by atoms with van der Waals surface area (Å²) in [7, 11) is -2.21. The number of nitrogens with zero attached hydrogens (tertiary/aromatic N) is 4. The number of carboxylic acid groups (broad SMARTS) is 1. The average Bonchev–Trinajstić information content (AvgIpc) is 3.34. The van der Waals surface area contributed by atoms with Crippen LogP contribution in [0.3, 0.4) is 0 Å². The first kappa shape index (κ1) is 23.0. The summed E-state index contributed by atoms with van der Waals surface area (Å²) in [4.78, 5) is 15.5. The third kappa shape index (κ3) is 4.38. The van der Waals surface area contributed by atoms with Gasteiger partial charge in [0, 0.05) is 30.6 Å². The zero-order chi connectivity index (χ0) is 23.8. The minimum atomic E-state index is -3.77. The molecule has 1 aliphatic heterocycles. The largest absolute Gasteiger partial charge is 0.497 e. The Morgan fingerprint density at radius 3 is 2.67 bits per heavy atom. The van der Waals surface area contributed by atoms with Gasteiger partial charge in [-0.05, 0) is 31.0 Å². The number of ether oxygens (including phenoxy) is 2. The van der Waals surface area contributed by atoms with Crippen LogP contribution >= 0.6 is 0 Å². The van der Waals surface area contributed by atoms with Gasteiger partial charge in [-0.1, -0.05) is 6.92 Å². The first-order valence-corrected chi connectivity index (χ1v) is 12.0. The fraction of sp³-hybridized carbons (Fsp3) is 0.409. The third-order valence-corrected chi connectivity index (χ3v) is 7.62. The number of aliphatic carboxylic acids is 1. The number of fused-ring (bicyclic) bond motifs is 1. The van der Waals surface area contributed by atoms with E-state index in [0.717, 1.165) is 0 Å². The maximum atomic E-state index is 13.3.